The second-order valence-corrected chi connectivity index (χ2v) is 8.25. The first kappa shape index (κ1) is 22.3. The number of esters is 1. The molecule has 0 aliphatic rings. The van der Waals surface area contributed by atoms with Gasteiger partial charge in [-0.25, -0.2) is 9.78 Å². The van der Waals surface area contributed by atoms with E-state index in [2.05, 4.69) is 4.98 Å². The summed E-state index contributed by atoms with van der Waals surface area (Å²) in [4.78, 5) is 31.5. The highest BCUT2D eigenvalue weighted by Crippen LogP contribution is 2.43. The molecule has 2 N–H and O–H groups in total. The number of benzene rings is 2. The summed E-state index contributed by atoms with van der Waals surface area (Å²) in [5, 5.41) is 0.549. The number of hydrogen-bond donors (Lipinski definition) is 1. The number of methoxy groups -OCH3 is 3. The van der Waals surface area contributed by atoms with Crippen molar-refractivity contribution < 1.29 is 23.8 Å². The van der Waals surface area contributed by atoms with Gasteiger partial charge >= 0.3 is 5.97 Å². The second kappa shape index (κ2) is 8.91. The third-order valence-corrected chi connectivity index (χ3v) is 6.48. The van der Waals surface area contributed by atoms with E-state index in [0.717, 1.165) is 5.56 Å². The summed E-state index contributed by atoms with van der Waals surface area (Å²) in [6, 6.07) is 14.1. The van der Waals surface area contributed by atoms with Crippen molar-refractivity contribution in [2.75, 3.05) is 27.1 Å². The summed E-state index contributed by atoms with van der Waals surface area (Å²) < 4.78 is 15.5. The molecule has 0 saturated heterocycles. The number of nitrogens with two attached hydrogens (primary N) is 1. The molecule has 4 rings (SSSR count). The topological polar surface area (TPSA) is 101 Å². The van der Waals surface area contributed by atoms with E-state index in [1.54, 1.807) is 57.5 Å². The van der Waals surface area contributed by atoms with Crippen LogP contribution in [-0.2, 0) is 4.74 Å². The van der Waals surface area contributed by atoms with E-state index < -0.39 is 5.97 Å². The van der Waals surface area contributed by atoms with Crippen molar-refractivity contribution in [1.82, 2.24) is 4.98 Å². The zero-order valence-corrected chi connectivity index (χ0v) is 19.4. The van der Waals surface area contributed by atoms with Gasteiger partial charge in [0.05, 0.1) is 38.3 Å². The first-order chi connectivity index (χ1) is 15.9. The number of thiophene rings is 1. The van der Waals surface area contributed by atoms with E-state index in [-0.39, 0.29) is 11.5 Å². The minimum Gasteiger partial charge on any atom is -0.497 e. The molecule has 2 aromatic heterocycles. The maximum Gasteiger partial charge on any atom is 0.340 e. The monoisotopic (exact) mass is 462 g/mol. The van der Waals surface area contributed by atoms with Crippen LogP contribution in [0.15, 0.2) is 48.5 Å². The fraction of sp³-hybridized carbons (Fsp3) is 0.160. The Bertz CT molecular complexity index is 1360. The lowest BCUT2D eigenvalue weighted by atomic mass is 9.95. The van der Waals surface area contributed by atoms with Crippen LogP contribution < -0.4 is 15.2 Å². The fourth-order valence-corrected chi connectivity index (χ4v) is 4.82. The van der Waals surface area contributed by atoms with Crippen LogP contribution in [0, 0.1) is 6.92 Å². The molecular formula is C25H22N2O5S. The Morgan fingerprint density at radius 1 is 0.909 bits per heavy atom. The van der Waals surface area contributed by atoms with Crippen molar-refractivity contribution in [3.8, 4) is 22.6 Å². The second-order valence-electron chi connectivity index (χ2n) is 7.25. The molecular weight excluding hydrogens is 440 g/mol. The molecule has 0 unspecified atom stereocenters. The predicted molar refractivity (Wildman–Crippen MR) is 129 cm³/mol. The van der Waals surface area contributed by atoms with Gasteiger partial charge in [-0.2, -0.15) is 0 Å². The Hall–Kier alpha value is -3.91. The summed E-state index contributed by atoms with van der Waals surface area (Å²) in [5.74, 6) is 0.573. The Labute approximate surface area is 194 Å². The van der Waals surface area contributed by atoms with Crippen molar-refractivity contribution in [3.05, 3.63) is 70.2 Å². The molecule has 0 saturated carbocycles. The van der Waals surface area contributed by atoms with Crippen LogP contribution in [0.1, 0.15) is 31.3 Å². The van der Waals surface area contributed by atoms with Gasteiger partial charge in [0.2, 0.25) is 5.78 Å². The molecule has 168 valence electrons. The minimum atomic E-state index is -0.527. The van der Waals surface area contributed by atoms with Crippen molar-refractivity contribution in [2.45, 2.75) is 6.92 Å². The van der Waals surface area contributed by atoms with Gasteiger partial charge in [-0.1, -0.05) is 12.1 Å². The largest absolute Gasteiger partial charge is 0.497 e. The van der Waals surface area contributed by atoms with Gasteiger partial charge in [0, 0.05) is 16.5 Å². The van der Waals surface area contributed by atoms with Crippen molar-refractivity contribution in [3.63, 3.8) is 0 Å². The third kappa shape index (κ3) is 3.89. The lowest BCUT2D eigenvalue weighted by Gasteiger charge is -2.13. The van der Waals surface area contributed by atoms with Gasteiger partial charge in [-0.3, -0.25) is 4.79 Å². The first-order valence-electron chi connectivity index (χ1n) is 10.0. The standard InChI is InChI=1S/C25H22N2O5S/c1-13-18(25(29)32-4)19(14-5-9-16(30-2)10-6-14)20-21(26)23(33-24(20)27-13)22(28)15-7-11-17(31-3)12-8-15/h5-12H,26H2,1-4H3. The average molecular weight is 463 g/mol. The van der Waals surface area contributed by atoms with Gasteiger partial charge in [-0.15, -0.1) is 11.3 Å². The number of aromatic nitrogens is 1. The number of pyridine rings is 1. The molecule has 0 aliphatic heterocycles. The number of ether oxygens (including phenoxy) is 3. The smallest absolute Gasteiger partial charge is 0.340 e. The number of nitrogens with zero attached hydrogens (tertiary/aromatic N) is 1. The molecule has 0 amide bonds. The van der Waals surface area contributed by atoms with Crippen LogP contribution in [-0.4, -0.2) is 38.1 Å². The minimum absolute atomic E-state index is 0.226. The van der Waals surface area contributed by atoms with Crippen LogP contribution in [0.3, 0.4) is 0 Å². The Kier molecular flexibility index (Phi) is 6.02. The highest BCUT2D eigenvalue weighted by atomic mass is 32.1. The zero-order valence-electron chi connectivity index (χ0n) is 18.6. The Balaban J connectivity index is 1.97. The predicted octanol–water partition coefficient (Wildman–Crippen LogP) is 4.89. The quantitative estimate of drug-likeness (QED) is 0.322. The highest BCUT2D eigenvalue weighted by molar-refractivity contribution is 7.21. The maximum absolute atomic E-state index is 13.3. The van der Waals surface area contributed by atoms with Crippen molar-refractivity contribution >= 4 is 39.0 Å². The van der Waals surface area contributed by atoms with E-state index >= 15 is 0 Å². The summed E-state index contributed by atoms with van der Waals surface area (Å²) in [6.45, 7) is 1.74. The number of carbonyl (C=O) groups excluding carboxylic acids is 2. The van der Waals surface area contributed by atoms with E-state index in [1.807, 2.05) is 12.1 Å². The number of nitrogen functional groups attached to an aromatic ring is 1. The van der Waals surface area contributed by atoms with E-state index in [0.29, 0.717) is 49.0 Å². The molecule has 0 radical (unpaired) electrons. The van der Waals surface area contributed by atoms with Crippen molar-refractivity contribution in [2.24, 2.45) is 0 Å². The summed E-state index contributed by atoms with van der Waals surface area (Å²) in [7, 11) is 4.46. The van der Waals surface area contributed by atoms with Gasteiger partial charge in [0.1, 0.15) is 21.2 Å². The highest BCUT2D eigenvalue weighted by Gasteiger charge is 2.27. The normalized spacial score (nSPS) is 10.8. The summed E-state index contributed by atoms with van der Waals surface area (Å²) in [5.41, 5.74) is 9.40. The van der Waals surface area contributed by atoms with Gasteiger partial charge in [0.25, 0.3) is 0 Å². The molecule has 0 spiro atoms. The van der Waals surface area contributed by atoms with Gasteiger partial charge < -0.3 is 19.9 Å². The number of ketones is 1. The molecule has 0 fully saturated rings. The molecule has 2 aromatic carbocycles. The molecule has 0 bridgehead atoms. The number of fused-ring (bicyclic) bond motifs is 1. The van der Waals surface area contributed by atoms with Gasteiger partial charge in [0.15, 0.2) is 0 Å². The molecule has 7 nitrogen and oxygen atoms in total. The Morgan fingerprint density at radius 3 is 2.03 bits per heavy atom. The molecule has 8 heteroatoms. The van der Waals surface area contributed by atoms with E-state index in [4.69, 9.17) is 19.9 Å². The summed E-state index contributed by atoms with van der Waals surface area (Å²) >= 11 is 1.20. The van der Waals surface area contributed by atoms with Crippen LogP contribution in [0.5, 0.6) is 11.5 Å². The lowest BCUT2D eigenvalue weighted by Crippen LogP contribution is -2.09. The SMILES string of the molecule is COC(=O)c1c(C)nc2sc(C(=O)c3ccc(OC)cc3)c(N)c2c1-c1ccc(OC)cc1. The number of anilines is 1. The number of rotatable bonds is 6. The van der Waals surface area contributed by atoms with Gasteiger partial charge in [-0.05, 0) is 48.9 Å². The first-order valence-corrected chi connectivity index (χ1v) is 10.8. The van der Waals surface area contributed by atoms with Crippen LogP contribution >= 0.6 is 11.3 Å². The Morgan fingerprint density at radius 2 is 1.48 bits per heavy atom. The molecule has 0 aliphatic carbocycles. The maximum atomic E-state index is 13.3. The number of hydrogen-bond acceptors (Lipinski definition) is 8. The zero-order chi connectivity index (χ0) is 23.7. The molecule has 0 atom stereocenters. The van der Waals surface area contributed by atoms with E-state index in [1.165, 1.54) is 18.4 Å². The molecule has 2 heterocycles. The van der Waals surface area contributed by atoms with Crippen LogP contribution in [0.2, 0.25) is 0 Å². The van der Waals surface area contributed by atoms with Crippen LogP contribution in [0.25, 0.3) is 21.3 Å². The number of aryl methyl sites for hydroxylation is 1. The lowest BCUT2D eigenvalue weighted by molar-refractivity contribution is 0.0600. The van der Waals surface area contributed by atoms with E-state index in [9.17, 15) is 9.59 Å². The average Bonchev–Trinajstić information content (AvgIpc) is 3.17. The summed E-state index contributed by atoms with van der Waals surface area (Å²) in [6.07, 6.45) is 0. The van der Waals surface area contributed by atoms with Crippen molar-refractivity contribution in [1.29, 1.82) is 0 Å². The number of carbonyl (C=O) groups is 2. The third-order valence-electron chi connectivity index (χ3n) is 5.38. The molecule has 33 heavy (non-hydrogen) atoms. The molecule has 4 aromatic rings. The van der Waals surface area contributed by atoms with Crippen LogP contribution in [0.4, 0.5) is 5.69 Å². The fourth-order valence-electron chi connectivity index (χ4n) is 3.71.